The lowest BCUT2D eigenvalue weighted by molar-refractivity contribution is 0.866. The van der Waals surface area contributed by atoms with Crippen LogP contribution in [0.3, 0.4) is 0 Å². The zero-order chi connectivity index (χ0) is 13.0. The van der Waals surface area contributed by atoms with Crippen molar-refractivity contribution < 1.29 is 0 Å². The number of nitrogens with zero attached hydrogens (tertiary/aromatic N) is 3. The van der Waals surface area contributed by atoms with Crippen LogP contribution >= 0.6 is 27.7 Å². The zero-order valence-corrected chi connectivity index (χ0v) is 12.3. The minimum absolute atomic E-state index is 0.298. The lowest BCUT2D eigenvalue weighted by Crippen LogP contribution is -2.05. The molecule has 0 atom stereocenters. The standard InChI is InChI=1S/C12H13BrN4S/c1-2-10-15-11(17-12(14)16-10)7-18-9-5-3-4-8(13)6-9/h3-6H,2,7H2,1H3,(H2,14,15,16,17). The first-order valence-corrected chi connectivity index (χ1v) is 7.33. The van der Waals surface area contributed by atoms with E-state index in [9.17, 15) is 0 Å². The highest BCUT2D eigenvalue weighted by Gasteiger charge is 2.04. The Morgan fingerprint density at radius 2 is 2.00 bits per heavy atom. The van der Waals surface area contributed by atoms with Gasteiger partial charge in [-0.05, 0) is 18.2 Å². The van der Waals surface area contributed by atoms with Gasteiger partial charge in [-0.3, -0.25) is 0 Å². The Labute approximate surface area is 119 Å². The molecule has 6 heteroatoms. The van der Waals surface area contributed by atoms with Crippen molar-refractivity contribution >= 4 is 33.6 Å². The van der Waals surface area contributed by atoms with Gasteiger partial charge < -0.3 is 5.73 Å². The zero-order valence-electron chi connectivity index (χ0n) is 9.93. The van der Waals surface area contributed by atoms with Crippen molar-refractivity contribution in [3.05, 3.63) is 40.4 Å². The van der Waals surface area contributed by atoms with Crippen molar-refractivity contribution in [2.24, 2.45) is 0 Å². The van der Waals surface area contributed by atoms with E-state index in [1.165, 1.54) is 4.90 Å². The van der Waals surface area contributed by atoms with Gasteiger partial charge in [0.2, 0.25) is 5.95 Å². The second-order valence-corrected chi connectivity index (χ2v) is 5.59. The maximum atomic E-state index is 5.65. The van der Waals surface area contributed by atoms with E-state index >= 15 is 0 Å². The maximum Gasteiger partial charge on any atom is 0.223 e. The fourth-order valence-electron chi connectivity index (χ4n) is 1.42. The summed E-state index contributed by atoms with van der Waals surface area (Å²) in [5, 5.41) is 0. The third kappa shape index (κ3) is 3.68. The van der Waals surface area contributed by atoms with Crippen LogP contribution in [0.2, 0.25) is 0 Å². The molecule has 0 radical (unpaired) electrons. The quantitative estimate of drug-likeness (QED) is 0.875. The van der Waals surface area contributed by atoms with Gasteiger partial charge in [0.1, 0.15) is 11.6 Å². The smallest absolute Gasteiger partial charge is 0.223 e. The van der Waals surface area contributed by atoms with Gasteiger partial charge in [-0.2, -0.15) is 9.97 Å². The van der Waals surface area contributed by atoms with E-state index in [4.69, 9.17) is 5.73 Å². The largest absolute Gasteiger partial charge is 0.368 e. The van der Waals surface area contributed by atoms with E-state index in [2.05, 4.69) is 43.0 Å². The van der Waals surface area contributed by atoms with E-state index < -0.39 is 0 Å². The third-order valence-electron chi connectivity index (χ3n) is 2.23. The number of thioether (sulfide) groups is 1. The summed E-state index contributed by atoms with van der Waals surface area (Å²) in [7, 11) is 0. The van der Waals surface area contributed by atoms with Crippen LogP contribution in [0, 0.1) is 0 Å². The first kappa shape index (κ1) is 13.3. The molecular weight excluding hydrogens is 312 g/mol. The summed E-state index contributed by atoms with van der Waals surface area (Å²) in [5.41, 5.74) is 5.65. The second-order valence-electron chi connectivity index (χ2n) is 3.63. The predicted octanol–water partition coefficient (Wildman–Crippen LogP) is 3.07. The molecular formula is C12H13BrN4S. The molecule has 2 N–H and O–H groups in total. The summed E-state index contributed by atoms with van der Waals surface area (Å²) >= 11 is 5.13. The van der Waals surface area contributed by atoms with Gasteiger partial charge in [-0.1, -0.05) is 28.9 Å². The minimum atomic E-state index is 0.298. The predicted molar refractivity (Wildman–Crippen MR) is 77.3 cm³/mol. The molecule has 1 aromatic carbocycles. The van der Waals surface area contributed by atoms with Gasteiger partial charge in [-0.15, -0.1) is 11.8 Å². The highest BCUT2D eigenvalue weighted by atomic mass is 79.9. The number of aryl methyl sites for hydroxylation is 1. The van der Waals surface area contributed by atoms with Crippen molar-refractivity contribution in [3.63, 3.8) is 0 Å². The fraction of sp³-hybridized carbons (Fsp3) is 0.250. The van der Waals surface area contributed by atoms with Crippen molar-refractivity contribution in [2.75, 3.05) is 5.73 Å². The average Bonchev–Trinajstić information content (AvgIpc) is 2.36. The monoisotopic (exact) mass is 324 g/mol. The topological polar surface area (TPSA) is 64.7 Å². The van der Waals surface area contributed by atoms with E-state index in [-0.39, 0.29) is 0 Å². The van der Waals surface area contributed by atoms with Gasteiger partial charge in [0.15, 0.2) is 0 Å². The van der Waals surface area contributed by atoms with Crippen molar-refractivity contribution in [3.8, 4) is 0 Å². The Morgan fingerprint density at radius 3 is 2.72 bits per heavy atom. The van der Waals surface area contributed by atoms with Crippen molar-refractivity contribution in [1.29, 1.82) is 0 Å². The maximum absolute atomic E-state index is 5.65. The molecule has 1 aromatic heterocycles. The van der Waals surface area contributed by atoms with Gasteiger partial charge in [0.25, 0.3) is 0 Å². The van der Waals surface area contributed by atoms with Crippen LogP contribution < -0.4 is 5.73 Å². The summed E-state index contributed by atoms with van der Waals surface area (Å²) in [6.07, 6.45) is 0.765. The van der Waals surface area contributed by atoms with Gasteiger partial charge in [-0.25, -0.2) is 4.98 Å². The molecule has 1 heterocycles. The molecule has 0 bridgehead atoms. The number of hydrogen-bond acceptors (Lipinski definition) is 5. The number of hydrogen-bond donors (Lipinski definition) is 1. The molecule has 18 heavy (non-hydrogen) atoms. The number of halogens is 1. The Morgan fingerprint density at radius 1 is 1.22 bits per heavy atom. The Bertz CT molecular complexity index is 547. The lowest BCUT2D eigenvalue weighted by Gasteiger charge is -2.04. The molecule has 0 spiro atoms. The van der Waals surface area contributed by atoms with Crippen LogP contribution in [0.4, 0.5) is 5.95 Å². The van der Waals surface area contributed by atoms with E-state index in [1.807, 2.05) is 19.1 Å². The number of rotatable bonds is 4. The summed E-state index contributed by atoms with van der Waals surface area (Å²) < 4.78 is 1.07. The molecule has 2 aromatic rings. The molecule has 0 aliphatic heterocycles. The Hall–Kier alpha value is -1.14. The molecule has 0 aliphatic rings. The number of nitrogens with two attached hydrogens (primary N) is 1. The molecule has 0 unspecified atom stereocenters. The average molecular weight is 325 g/mol. The summed E-state index contributed by atoms with van der Waals surface area (Å²) in [5.74, 6) is 2.46. The van der Waals surface area contributed by atoms with Gasteiger partial charge >= 0.3 is 0 Å². The molecule has 0 fully saturated rings. The van der Waals surface area contributed by atoms with Crippen LogP contribution in [0.1, 0.15) is 18.6 Å². The van der Waals surface area contributed by atoms with E-state index in [0.29, 0.717) is 11.7 Å². The number of nitrogen functional groups attached to an aromatic ring is 1. The third-order valence-corrected chi connectivity index (χ3v) is 3.71. The van der Waals surface area contributed by atoms with Gasteiger partial charge in [0, 0.05) is 15.8 Å². The normalized spacial score (nSPS) is 10.6. The first-order chi connectivity index (χ1) is 8.67. The van der Waals surface area contributed by atoms with Crippen molar-refractivity contribution in [1.82, 2.24) is 15.0 Å². The Balaban J connectivity index is 2.08. The van der Waals surface area contributed by atoms with Crippen LogP contribution in [0.25, 0.3) is 0 Å². The molecule has 4 nitrogen and oxygen atoms in total. The van der Waals surface area contributed by atoms with Crippen LogP contribution in [-0.2, 0) is 12.2 Å². The molecule has 94 valence electrons. The summed E-state index contributed by atoms with van der Waals surface area (Å²) in [6.45, 7) is 2.00. The number of aromatic nitrogens is 3. The molecule has 0 saturated heterocycles. The number of benzene rings is 1. The molecule has 2 rings (SSSR count). The van der Waals surface area contributed by atoms with E-state index in [0.717, 1.165) is 22.5 Å². The summed E-state index contributed by atoms with van der Waals surface area (Å²) in [6, 6.07) is 8.13. The second kappa shape index (κ2) is 6.15. The van der Waals surface area contributed by atoms with Crippen LogP contribution in [-0.4, -0.2) is 15.0 Å². The molecule has 0 amide bonds. The highest BCUT2D eigenvalue weighted by molar-refractivity contribution is 9.10. The van der Waals surface area contributed by atoms with Crippen LogP contribution in [0.5, 0.6) is 0 Å². The lowest BCUT2D eigenvalue weighted by atomic mass is 10.4. The first-order valence-electron chi connectivity index (χ1n) is 5.55. The SMILES string of the molecule is CCc1nc(N)nc(CSc2cccc(Br)c2)n1. The van der Waals surface area contributed by atoms with Crippen LogP contribution in [0.15, 0.2) is 33.6 Å². The van der Waals surface area contributed by atoms with Gasteiger partial charge in [0.05, 0.1) is 5.75 Å². The summed E-state index contributed by atoms with van der Waals surface area (Å²) in [4.78, 5) is 13.7. The van der Waals surface area contributed by atoms with Crippen molar-refractivity contribution in [2.45, 2.75) is 24.0 Å². The fourth-order valence-corrected chi connectivity index (χ4v) is 2.78. The Kier molecular flexibility index (Phi) is 4.54. The number of anilines is 1. The minimum Gasteiger partial charge on any atom is -0.368 e. The van der Waals surface area contributed by atoms with E-state index in [1.54, 1.807) is 11.8 Å². The molecule has 0 aliphatic carbocycles. The highest BCUT2D eigenvalue weighted by Crippen LogP contribution is 2.24. The molecule has 0 saturated carbocycles.